The minimum absolute atomic E-state index is 0.196. The van der Waals surface area contributed by atoms with Crippen molar-refractivity contribution in [2.45, 2.75) is 20.8 Å². The fraction of sp³-hybridized carbons (Fsp3) is 0.233. The summed E-state index contributed by atoms with van der Waals surface area (Å²) in [6.45, 7) is 8.87. The molecule has 4 aromatic rings. The molecule has 1 N–H and O–H groups in total. The van der Waals surface area contributed by atoms with Crippen LogP contribution in [0, 0.1) is 20.8 Å². The number of amides is 2. The number of carbonyl (C=O) groups excluding carboxylic acids is 2. The number of benzene rings is 3. The number of oxazole rings is 1. The van der Waals surface area contributed by atoms with Crippen LogP contribution in [0.3, 0.4) is 0 Å². The Morgan fingerprint density at radius 1 is 0.865 bits per heavy atom. The average molecular weight is 495 g/mol. The average Bonchev–Trinajstić information content (AvgIpc) is 3.41. The highest BCUT2D eigenvalue weighted by Gasteiger charge is 2.29. The summed E-state index contributed by atoms with van der Waals surface area (Å²) in [4.78, 5) is 35.0. The summed E-state index contributed by atoms with van der Waals surface area (Å²) in [7, 11) is 0. The molecule has 0 unspecified atom stereocenters. The second kappa shape index (κ2) is 10.3. The Balaban J connectivity index is 1.34. The lowest BCUT2D eigenvalue weighted by molar-refractivity contribution is 0.0741. The van der Waals surface area contributed by atoms with Gasteiger partial charge in [-0.1, -0.05) is 48.0 Å². The summed E-state index contributed by atoms with van der Waals surface area (Å²) < 4.78 is 5.69. The summed E-state index contributed by atoms with van der Waals surface area (Å²) in [5.41, 5.74) is 6.70. The highest BCUT2D eigenvalue weighted by molar-refractivity contribution is 6.10. The zero-order valence-corrected chi connectivity index (χ0v) is 21.3. The van der Waals surface area contributed by atoms with Gasteiger partial charge in [0.15, 0.2) is 17.8 Å². The first kappa shape index (κ1) is 24.3. The predicted octanol–water partition coefficient (Wildman–Crippen LogP) is 5.48. The van der Waals surface area contributed by atoms with E-state index < -0.39 is 0 Å². The van der Waals surface area contributed by atoms with Crippen LogP contribution in [0.1, 0.15) is 37.5 Å². The highest BCUT2D eigenvalue weighted by atomic mass is 16.3. The van der Waals surface area contributed by atoms with Crippen LogP contribution >= 0.6 is 0 Å². The van der Waals surface area contributed by atoms with Gasteiger partial charge in [-0.3, -0.25) is 9.59 Å². The van der Waals surface area contributed by atoms with E-state index in [1.165, 1.54) is 23.2 Å². The topological polar surface area (TPSA) is 78.7 Å². The first-order valence-electron chi connectivity index (χ1n) is 12.4. The van der Waals surface area contributed by atoms with Gasteiger partial charge in [0, 0.05) is 43.1 Å². The summed E-state index contributed by atoms with van der Waals surface area (Å²) in [5.74, 6) is -0.175. The summed E-state index contributed by atoms with van der Waals surface area (Å²) >= 11 is 0. The fourth-order valence-corrected chi connectivity index (χ4v) is 4.68. The smallest absolute Gasteiger partial charge is 0.276 e. The van der Waals surface area contributed by atoms with Crippen molar-refractivity contribution in [1.82, 2.24) is 9.88 Å². The highest BCUT2D eigenvalue weighted by Crippen LogP contribution is 2.29. The number of aromatic nitrogens is 1. The Morgan fingerprint density at radius 3 is 2.35 bits per heavy atom. The van der Waals surface area contributed by atoms with E-state index in [0.717, 1.165) is 18.7 Å². The number of hydrogen-bond acceptors (Lipinski definition) is 5. The molecule has 2 amide bonds. The third-order valence-corrected chi connectivity index (χ3v) is 6.98. The molecule has 0 bridgehead atoms. The van der Waals surface area contributed by atoms with E-state index in [1.807, 2.05) is 37.3 Å². The Bertz CT molecular complexity index is 1430. The molecule has 37 heavy (non-hydrogen) atoms. The van der Waals surface area contributed by atoms with Gasteiger partial charge in [-0.25, -0.2) is 4.98 Å². The third kappa shape index (κ3) is 4.98. The summed E-state index contributed by atoms with van der Waals surface area (Å²) in [5, 5.41) is 2.93. The molecule has 1 fully saturated rings. The Hall–Kier alpha value is -4.39. The first-order valence-corrected chi connectivity index (χ1v) is 12.4. The molecule has 3 aromatic carbocycles. The van der Waals surface area contributed by atoms with E-state index in [9.17, 15) is 9.59 Å². The largest absolute Gasteiger partial charge is 0.443 e. The van der Waals surface area contributed by atoms with Crippen LogP contribution in [-0.4, -0.2) is 47.9 Å². The van der Waals surface area contributed by atoms with Gasteiger partial charge in [-0.05, 0) is 56.2 Å². The minimum atomic E-state index is -0.281. The lowest BCUT2D eigenvalue weighted by Crippen LogP contribution is -2.49. The van der Waals surface area contributed by atoms with E-state index in [1.54, 1.807) is 23.1 Å². The fourth-order valence-electron chi connectivity index (χ4n) is 4.68. The van der Waals surface area contributed by atoms with Crippen molar-refractivity contribution < 1.29 is 14.0 Å². The molecule has 0 aliphatic carbocycles. The molecule has 1 aliphatic heterocycles. The van der Waals surface area contributed by atoms with Crippen molar-refractivity contribution in [2.24, 2.45) is 0 Å². The van der Waals surface area contributed by atoms with Gasteiger partial charge in [0.05, 0.1) is 5.56 Å². The van der Waals surface area contributed by atoms with Gasteiger partial charge in [-0.15, -0.1) is 0 Å². The maximum Gasteiger partial charge on any atom is 0.276 e. The van der Waals surface area contributed by atoms with Crippen molar-refractivity contribution in [3.63, 3.8) is 0 Å². The maximum atomic E-state index is 13.5. The van der Waals surface area contributed by atoms with E-state index in [-0.39, 0.29) is 17.5 Å². The maximum absolute atomic E-state index is 13.5. The van der Waals surface area contributed by atoms with Crippen LogP contribution in [0.4, 0.5) is 11.4 Å². The molecule has 0 spiro atoms. The Morgan fingerprint density at radius 2 is 1.59 bits per heavy atom. The van der Waals surface area contributed by atoms with Gasteiger partial charge in [0.1, 0.15) is 0 Å². The normalized spacial score (nSPS) is 13.5. The van der Waals surface area contributed by atoms with Crippen LogP contribution in [0.5, 0.6) is 0 Å². The van der Waals surface area contributed by atoms with Crippen LogP contribution in [0.25, 0.3) is 11.3 Å². The Kier molecular flexibility index (Phi) is 6.77. The summed E-state index contributed by atoms with van der Waals surface area (Å²) in [6, 6.07) is 21.0. The van der Waals surface area contributed by atoms with E-state index >= 15 is 0 Å². The second-order valence-corrected chi connectivity index (χ2v) is 9.39. The van der Waals surface area contributed by atoms with Gasteiger partial charge >= 0.3 is 0 Å². The molecular formula is C30H30N4O3. The third-order valence-electron chi connectivity index (χ3n) is 6.98. The lowest BCUT2D eigenvalue weighted by Gasteiger charge is -2.36. The van der Waals surface area contributed by atoms with E-state index in [4.69, 9.17) is 4.42 Å². The number of anilines is 2. The number of piperazine rings is 1. The molecule has 0 atom stereocenters. The summed E-state index contributed by atoms with van der Waals surface area (Å²) in [6.07, 6.45) is 1.27. The number of aryl methyl sites for hydroxylation is 2. The van der Waals surface area contributed by atoms with Crippen molar-refractivity contribution >= 4 is 23.2 Å². The zero-order valence-electron chi connectivity index (χ0n) is 21.3. The second-order valence-electron chi connectivity index (χ2n) is 9.39. The molecule has 1 aromatic heterocycles. The van der Waals surface area contributed by atoms with Crippen LogP contribution in [0.15, 0.2) is 77.5 Å². The van der Waals surface area contributed by atoms with Crippen molar-refractivity contribution in [2.75, 3.05) is 36.4 Å². The molecule has 0 saturated carbocycles. The molecule has 1 saturated heterocycles. The molecular weight excluding hydrogens is 464 g/mol. The van der Waals surface area contributed by atoms with Gasteiger partial charge in [0.25, 0.3) is 11.8 Å². The van der Waals surface area contributed by atoms with Gasteiger partial charge < -0.3 is 19.5 Å². The zero-order chi connectivity index (χ0) is 25.9. The molecule has 7 heteroatoms. The number of carbonyl (C=O) groups is 2. The van der Waals surface area contributed by atoms with Gasteiger partial charge in [-0.2, -0.15) is 0 Å². The molecule has 1 aliphatic rings. The van der Waals surface area contributed by atoms with Crippen LogP contribution in [0.2, 0.25) is 0 Å². The monoisotopic (exact) mass is 494 g/mol. The van der Waals surface area contributed by atoms with Crippen LogP contribution in [-0.2, 0) is 0 Å². The number of rotatable bonds is 5. The number of nitrogens with one attached hydrogen (secondary N) is 1. The van der Waals surface area contributed by atoms with Crippen molar-refractivity contribution in [1.29, 1.82) is 0 Å². The quantitative estimate of drug-likeness (QED) is 0.397. The van der Waals surface area contributed by atoms with Crippen molar-refractivity contribution in [3.05, 3.63) is 101 Å². The molecule has 188 valence electrons. The minimum Gasteiger partial charge on any atom is -0.443 e. The predicted molar refractivity (Wildman–Crippen MR) is 145 cm³/mol. The molecule has 7 nitrogen and oxygen atoms in total. The Labute approximate surface area is 216 Å². The molecule has 0 radical (unpaired) electrons. The first-order chi connectivity index (χ1) is 17.9. The van der Waals surface area contributed by atoms with E-state index in [2.05, 4.69) is 47.2 Å². The molecule has 2 heterocycles. The number of nitrogens with zero attached hydrogens (tertiary/aromatic N) is 3. The standard InChI is InChI=1S/C30H30N4O3/c1-20-11-13-23(14-12-20)32-29(35)25-9-5-4-8-24(25)28-27(31-19-37-28)30(36)34-17-15-33(16-18-34)26-10-6-7-21(2)22(26)3/h4-14,19H,15-18H2,1-3H3,(H,32,35). The van der Waals surface area contributed by atoms with E-state index in [0.29, 0.717) is 35.7 Å². The molecule has 5 rings (SSSR count). The van der Waals surface area contributed by atoms with Crippen LogP contribution < -0.4 is 10.2 Å². The van der Waals surface area contributed by atoms with Gasteiger partial charge in [0.2, 0.25) is 0 Å². The van der Waals surface area contributed by atoms with Crippen molar-refractivity contribution in [3.8, 4) is 11.3 Å². The SMILES string of the molecule is Cc1ccc(NC(=O)c2ccccc2-c2ocnc2C(=O)N2CCN(c3cccc(C)c3C)CC2)cc1. The lowest BCUT2D eigenvalue weighted by atomic mass is 10.0. The number of hydrogen-bond donors (Lipinski definition) is 1.